The van der Waals surface area contributed by atoms with E-state index in [0.717, 1.165) is 13.1 Å². The Morgan fingerprint density at radius 3 is 2.27 bits per heavy atom. The van der Waals surface area contributed by atoms with E-state index in [9.17, 15) is 9.59 Å². The maximum atomic E-state index is 12.3. The third kappa shape index (κ3) is 4.00. The summed E-state index contributed by atoms with van der Waals surface area (Å²) in [6.45, 7) is 7.62. The molecule has 1 heterocycles. The van der Waals surface area contributed by atoms with E-state index in [1.54, 1.807) is 0 Å². The average Bonchev–Trinajstić information content (AvgIpc) is 2.47. The van der Waals surface area contributed by atoms with Crippen LogP contribution in [-0.2, 0) is 9.59 Å². The minimum atomic E-state index is -0.0940. The highest BCUT2D eigenvalue weighted by Crippen LogP contribution is 2.24. The highest BCUT2D eigenvalue weighted by Gasteiger charge is 2.31. The van der Waals surface area contributed by atoms with Crippen molar-refractivity contribution in [3.05, 3.63) is 30.3 Å². The second kappa shape index (κ2) is 7.29. The van der Waals surface area contributed by atoms with Gasteiger partial charge in [-0.1, -0.05) is 18.2 Å². The molecule has 0 bridgehead atoms. The smallest absolute Gasteiger partial charge is 0.224 e. The molecule has 22 heavy (non-hydrogen) atoms. The van der Waals surface area contributed by atoms with Gasteiger partial charge in [0.25, 0.3) is 0 Å². The van der Waals surface area contributed by atoms with E-state index >= 15 is 0 Å². The Balaban J connectivity index is 1.95. The topological polar surface area (TPSA) is 52.7 Å². The number of anilines is 1. The van der Waals surface area contributed by atoms with Gasteiger partial charge in [-0.2, -0.15) is 0 Å². The minimum Gasteiger partial charge on any atom is -0.363 e. The second-order valence-electron chi connectivity index (χ2n) is 5.97. The molecule has 2 atom stereocenters. The number of hydrogen-bond acceptors (Lipinski definition) is 3. The average molecular weight is 303 g/mol. The van der Waals surface area contributed by atoms with Crippen LogP contribution < -0.4 is 10.2 Å². The monoisotopic (exact) mass is 303 g/mol. The van der Waals surface area contributed by atoms with Crippen molar-refractivity contribution in [3.8, 4) is 0 Å². The number of amides is 2. The van der Waals surface area contributed by atoms with Gasteiger partial charge >= 0.3 is 0 Å². The maximum Gasteiger partial charge on any atom is 0.224 e. The Bertz CT molecular complexity index is 506. The largest absolute Gasteiger partial charge is 0.363 e. The summed E-state index contributed by atoms with van der Waals surface area (Å²) in [6.07, 6.45) is 0.365. The van der Waals surface area contributed by atoms with Gasteiger partial charge in [0.2, 0.25) is 11.8 Å². The zero-order valence-corrected chi connectivity index (χ0v) is 13.6. The number of carbonyl (C=O) groups is 2. The fourth-order valence-electron chi connectivity index (χ4n) is 3.14. The van der Waals surface area contributed by atoms with Crippen molar-refractivity contribution in [2.45, 2.75) is 39.3 Å². The molecule has 1 saturated heterocycles. The number of nitrogens with one attached hydrogen (secondary N) is 1. The van der Waals surface area contributed by atoms with Crippen LogP contribution in [-0.4, -0.2) is 48.4 Å². The fraction of sp³-hybridized carbons (Fsp3) is 0.529. The molecule has 0 saturated carbocycles. The number of hydrogen-bond donors (Lipinski definition) is 1. The predicted octanol–water partition coefficient (Wildman–Crippen LogP) is 1.64. The normalized spacial score (nSPS) is 21.6. The van der Waals surface area contributed by atoms with Gasteiger partial charge in [0.05, 0.1) is 0 Å². The Kier molecular flexibility index (Phi) is 5.41. The Hall–Kier alpha value is -2.04. The van der Waals surface area contributed by atoms with Crippen molar-refractivity contribution in [2.75, 3.05) is 24.5 Å². The first-order valence-corrected chi connectivity index (χ1v) is 7.84. The highest BCUT2D eigenvalue weighted by atomic mass is 16.2. The van der Waals surface area contributed by atoms with Gasteiger partial charge in [0, 0.05) is 50.7 Å². The SMILES string of the molecule is CC(=O)NCCC(=O)N1CC(C)N(c2ccccc2)C(C)C1. The molecule has 1 aliphatic heterocycles. The molecule has 2 amide bonds. The van der Waals surface area contributed by atoms with E-state index in [4.69, 9.17) is 0 Å². The summed E-state index contributed by atoms with van der Waals surface area (Å²) >= 11 is 0. The molecular formula is C17H25N3O2. The van der Waals surface area contributed by atoms with Gasteiger partial charge in [-0.3, -0.25) is 9.59 Å². The summed E-state index contributed by atoms with van der Waals surface area (Å²) in [4.78, 5) is 27.4. The first-order chi connectivity index (χ1) is 10.5. The van der Waals surface area contributed by atoms with Gasteiger partial charge in [-0.25, -0.2) is 0 Å². The molecule has 1 aliphatic rings. The zero-order chi connectivity index (χ0) is 16.1. The van der Waals surface area contributed by atoms with Crippen molar-refractivity contribution in [1.29, 1.82) is 0 Å². The summed E-state index contributed by atoms with van der Waals surface area (Å²) in [6, 6.07) is 10.9. The molecule has 0 aliphatic carbocycles. The van der Waals surface area contributed by atoms with Gasteiger partial charge in [-0.15, -0.1) is 0 Å². The van der Waals surface area contributed by atoms with Crippen molar-refractivity contribution in [3.63, 3.8) is 0 Å². The van der Waals surface area contributed by atoms with Crippen LogP contribution in [0.4, 0.5) is 5.69 Å². The first kappa shape index (κ1) is 16.3. The first-order valence-electron chi connectivity index (χ1n) is 7.84. The highest BCUT2D eigenvalue weighted by molar-refractivity contribution is 5.78. The fourth-order valence-corrected chi connectivity index (χ4v) is 3.14. The van der Waals surface area contributed by atoms with Gasteiger partial charge in [-0.05, 0) is 26.0 Å². The van der Waals surface area contributed by atoms with Crippen molar-refractivity contribution in [2.24, 2.45) is 0 Å². The zero-order valence-electron chi connectivity index (χ0n) is 13.6. The van der Waals surface area contributed by atoms with E-state index in [2.05, 4.69) is 36.2 Å². The number of piperazine rings is 1. The van der Waals surface area contributed by atoms with Crippen LogP contribution in [0.5, 0.6) is 0 Å². The van der Waals surface area contributed by atoms with Crippen LogP contribution in [0, 0.1) is 0 Å². The van der Waals surface area contributed by atoms with Crippen LogP contribution in [0.15, 0.2) is 30.3 Å². The van der Waals surface area contributed by atoms with Crippen LogP contribution in [0.25, 0.3) is 0 Å². The summed E-state index contributed by atoms with van der Waals surface area (Å²) in [5, 5.41) is 2.68. The number of nitrogens with zero attached hydrogens (tertiary/aromatic N) is 2. The maximum absolute atomic E-state index is 12.3. The van der Waals surface area contributed by atoms with Crippen molar-refractivity contribution >= 4 is 17.5 Å². The summed E-state index contributed by atoms with van der Waals surface area (Å²) in [5.41, 5.74) is 1.20. The van der Waals surface area contributed by atoms with Gasteiger partial charge in [0.1, 0.15) is 0 Å². The van der Waals surface area contributed by atoms with Crippen LogP contribution in [0.1, 0.15) is 27.2 Å². The lowest BCUT2D eigenvalue weighted by molar-refractivity contribution is -0.132. The van der Waals surface area contributed by atoms with E-state index < -0.39 is 0 Å². The molecule has 2 unspecified atom stereocenters. The third-order valence-electron chi connectivity index (χ3n) is 4.04. The summed E-state index contributed by atoms with van der Waals surface area (Å²) < 4.78 is 0. The molecule has 1 fully saturated rings. The summed E-state index contributed by atoms with van der Waals surface area (Å²) in [7, 11) is 0. The van der Waals surface area contributed by atoms with Crippen LogP contribution in [0.3, 0.4) is 0 Å². The Labute approximate surface area is 132 Å². The van der Waals surface area contributed by atoms with E-state index in [0.29, 0.717) is 13.0 Å². The quantitative estimate of drug-likeness (QED) is 0.920. The molecule has 0 radical (unpaired) electrons. The van der Waals surface area contributed by atoms with E-state index in [1.807, 2.05) is 23.1 Å². The lowest BCUT2D eigenvalue weighted by atomic mass is 10.1. The number of para-hydroxylation sites is 1. The number of benzene rings is 1. The Morgan fingerprint density at radius 1 is 1.14 bits per heavy atom. The molecule has 120 valence electrons. The van der Waals surface area contributed by atoms with Crippen LogP contribution >= 0.6 is 0 Å². The second-order valence-corrected chi connectivity index (χ2v) is 5.97. The molecule has 1 aromatic rings. The molecule has 0 spiro atoms. The predicted molar refractivity (Wildman–Crippen MR) is 87.7 cm³/mol. The minimum absolute atomic E-state index is 0.0940. The number of rotatable bonds is 4. The lowest BCUT2D eigenvalue weighted by Gasteiger charge is -2.46. The molecule has 5 heteroatoms. The molecule has 1 N–H and O–H groups in total. The van der Waals surface area contributed by atoms with E-state index in [1.165, 1.54) is 12.6 Å². The third-order valence-corrected chi connectivity index (χ3v) is 4.04. The molecule has 1 aromatic carbocycles. The molecule has 5 nitrogen and oxygen atoms in total. The molecule has 0 aromatic heterocycles. The molecule has 2 rings (SSSR count). The summed E-state index contributed by atoms with van der Waals surface area (Å²) in [5.74, 6) is 0.0172. The van der Waals surface area contributed by atoms with Crippen molar-refractivity contribution in [1.82, 2.24) is 10.2 Å². The standard InChI is InChI=1S/C17H25N3O2/c1-13-11-19(17(22)9-10-18-15(3)21)12-14(2)20(13)16-7-5-4-6-8-16/h4-8,13-14H,9-12H2,1-3H3,(H,18,21). The van der Waals surface area contributed by atoms with Crippen molar-refractivity contribution < 1.29 is 9.59 Å². The van der Waals surface area contributed by atoms with Gasteiger partial charge in [0.15, 0.2) is 0 Å². The Morgan fingerprint density at radius 2 is 1.73 bits per heavy atom. The van der Waals surface area contributed by atoms with Gasteiger partial charge < -0.3 is 15.1 Å². The number of carbonyl (C=O) groups excluding carboxylic acids is 2. The van der Waals surface area contributed by atoms with E-state index in [-0.39, 0.29) is 23.9 Å². The van der Waals surface area contributed by atoms with Crippen LogP contribution in [0.2, 0.25) is 0 Å². The lowest BCUT2D eigenvalue weighted by Crippen LogP contribution is -2.58. The molecular weight excluding hydrogens is 278 g/mol.